The largest absolute Gasteiger partial charge is 0.472 e. The number of phosphoric ester groups is 1. The summed E-state index contributed by atoms with van der Waals surface area (Å²) in [5.41, 5.74) is 0. The molecule has 0 rings (SSSR count). The van der Waals surface area contributed by atoms with E-state index in [1.807, 2.05) is 21.1 Å². The smallest absolute Gasteiger partial charge is 0.457 e. The van der Waals surface area contributed by atoms with E-state index in [1.54, 1.807) is 0 Å². The van der Waals surface area contributed by atoms with Gasteiger partial charge in [0.05, 0.1) is 34.4 Å². The fourth-order valence-corrected chi connectivity index (χ4v) is 7.56. The number of ether oxygens (including phenoxy) is 2. The second-order valence-electron chi connectivity index (χ2n) is 18.5. The molecule has 9 heteroatoms. The number of unbranched alkanes of at least 4 members (excludes halogenated alkanes) is 18. The molecular formula is C57H101NO7P+. The third-order valence-electron chi connectivity index (χ3n) is 10.9. The lowest BCUT2D eigenvalue weighted by atomic mass is 10.1. The molecule has 1 N–H and O–H groups in total. The van der Waals surface area contributed by atoms with E-state index in [2.05, 4.69) is 111 Å². The number of nitrogens with zero attached hydrogens (tertiary/aromatic N) is 1. The second-order valence-corrected chi connectivity index (χ2v) is 20.0. The minimum Gasteiger partial charge on any atom is -0.457 e. The molecule has 0 saturated carbocycles. The van der Waals surface area contributed by atoms with Gasteiger partial charge in [0.15, 0.2) is 0 Å². The van der Waals surface area contributed by atoms with Crippen LogP contribution >= 0.6 is 7.82 Å². The SMILES string of the molecule is CC/C=C\C/C=C\C/C=C\C/C=C\C/C=C\C/C=C\C/C=C\CCCCCCOCC(COP(=O)(O)OCC[N+](C)(C)C)OC(=O)CCCCCCCCC/C=C\CCCCCCCCC. The van der Waals surface area contributed by atoms with Crippen LogP contribution in [0.25, 0.3) is 0 Å². The first-order valence-electron chi connectivity index (χ1n) is 26.5. The molecule has 0 aliphatic rings. The molecule has 0 amide bonds. The number of phosphoric acid groups is 1. The third kappa shape index (κ3) is 52.4. The van der Waals surface area contributed by atoms with Crippen LogP contribution in [0.2, 0.25) is 0 Å². The lowest BCUT2D eigenvalue weighted by Crippen LogP contribution is -2.37. The highest BCUT2D eigenvalue weighted by atomic mass is 31.2. The molecular weight excluding hydrogens is 842 g/mol. The summed E-state index contributed by atoms with van der Waals surface area (Å²) in [6, 6.07) is 0. The number of rotatable bonds is 48. The van der Waals surface area contributed by atoms with Gasteiger partial charge in [-0.1, -0.05) is 195 Å². The quantitative estimate of drug-likeness (QED) is 0.0214. The van der Waals surface area contributed by atoms with Crippen molar-refractivity contribution in [1.82, 2.24) is 0 Å². The number of carbonyl (C=O) groups excluding carboxylic acids is 1. The molecule has 0 fully saturated rings. The van der Waals surface area contributed by atoms with Gasteiger partial charge in [-0.2, -0.15) is 0 Å². The Bertz CT molecular complexity index is 1370. The van der Waals surface area contributed by atoms with Crippen LogP contribution < -0.4 is 0 Å². The van der Waals surface area contributed by atoms with E-state index in [1.165, 1.54) is 83.5 Å². The summed E-state index contributed by atoms with van der Waals surface area (Å²) in [7, 11) is 1.63. The van der Waals surface area contributed by atoms with Crippen molar-refractivity contribution in [2.75, 3.05) is 54.1 Å². The number of quaternary nitrogens is 1. The topological polar surface area (TPSA) is 91.3 Å². The van der Waals surface area contributed by atoms with Gasteiger partial charge in [0.2, 0.25) is 0 Å². The van der Waals surface area contributed by atoms with Crippen LogP contribution in [0.15, 0.2) is 97.2 Å². The highest BCUT2D eigenvalue weighted by Crippen LogP contribution is 2.43. The van der Waals surface area contributed by atoms with Crippen molar-refractivity contribution in [2.24, 2.45) is 0 Å². The Balaban J connectivity index is 4.23. The van der Waals surface area contributed by atoms with Crippen molar-refractivity contribution >= 4 is 13.8 Å². The highest BCUT2D eigenvalue weighted by molar-refractivity contribution is 7.47. The number of carbonyl (C=O) groups is 1. The first-order valence-corrected chi connectivity index (χ1v) is 28.0. The van der Waals surface area contributed by atoms with Crippen LogP contribution in [0, 0.1) is 0 Å². The number of hydrogen-bond acceptors (Lipinski definition) is 6. The summed E-state index contributed by atoms with van der Waals surface area (Å²) >= 11 is 0. The lowest BCUT2D eigenvalue weighted by Gasteiger charge is -2.24. The zero-order valence-corrected chi connectivity index (χ0v) is 44.0. The fraction of sp³-hybridized carbons (Fsp3) is 0.702. The molecule has 2 atom stereocenters. The summed E-state index contributed by atoms with van der Waals surface area (Å²) in [5.74, 6) is -0.330. The molecule has 0 aromatic heterocycles. The summed E-state index contributed by atoms with van der Waals surface area (Å²) in [6.07, 6.45) is 67.4. The van der Waals surface area contributed by atoms with Crippen LogP contribution in [0.5, 0.6) is 0 Å². The standard InChI is InChI=1S/C57H100NO7P/c1-6-8-10-12-14-16-18-20-22-24-26-27-28-29-30-31-32-33-35-37-39-41-43-45-47-49-52-62-54-56(55-64-66(60,61)63-53-51-58(3,4)5)65-57(59)50-48-46-44-42-40-38-36-34-25-23-21-19-17-15-13-11-9-7-2/h8,10,14,16,20,22-23,25-27,29-30,32-33,37,39,56H,6-7,9,11-13,15,17-19,21,24,28,31,34-36,38,40-55H2,1-5H3/p+1/b10-8-,16-14-,22-20-,25-23-,27-26-,30-29-,33-32-,39-37-. The van der Waals surface area contributed by atoms with Crippen LogP contribution in [0.3, 0.4) is 0 Å². The fourth-order valence-electron chi connectivity index (χ4n) is 6.82. The minimum atomic E-state index is -4.30. The Labute approximate surface area is 407 Å². The van der Waals surface area contributed by atoms with Crippen molar-refractivity contribution in [3.63, 3.8) is 0 Å². The molecule has 0 aromatic carbocycles. The molecule has 0 radical (unpaired) electrons. The van der Waals surface area contributed by atoms with Gasteiger partial charge in [0.1, 0.15) is 19.3 Å². The van der Waals surface area contributed by atoms with E-state index in [9.17, 15) is 14.3 Å². The number of allylic oxidation sites excluding steroid dienone is 16. The van der Waals surface area contributed by atoms with Crippen molar-refractivity contribution in [2.45, 2.75) is 206 Å². The molecule has 380 valence electrons. The maximum atomic E-state index is 12.8. The summed E-state index contributed by atoms with van der Waals surface area (Å²) in [6.45, 7) is 5.43. The Hall–Kier alpha value is -2.58. The molecule has 0 bridgehead atoms. The predicted octanol–water partition coefficient (Wildman–Crippen LogP) is 16.6. The normalized spacial score (nSPS) is 14.3. The lowest BCUT2D eigenvalue weighted by molar-refractivity contribution is -0.870. The van der Waals surface area contributed by atoms with Crippen LogP contribution in [0.1, 0.15) is 200 Å². The van der Waals surface area contributed by atoms with Gasteiger partial charge in [0, 0.05) is 13.0 Å². The van der Waals surface area contributed by atoms with E-state index in [0.29, 0.717) is 24.1 Å². The van der Waals surface area contributed by atoms with Gasteiger partial charge < -0.3 is 18.9 Å². The monoisotopic (exact) mass is 943 g/mol. The first-order chi connectivity index (χ1) is 32.1. The van der Waals surface area contributed by atoms with Crippen molar-refractivity contribution < 1.29 is 37.3 Å². The number of hydrogen-bond donors (Lipinski definition) is 1. The Morgan fingerprint density at radius 2 is 0.879 bits per heavy atom. The van der Waals surface area contributed by atoms with E-state index in [4.69, 9.17) is 18.5 Å². The first kappa shape index (κ1) is 63.4. The third-order valence-corrected chi connectivity index (χ3v) is 11.9. The molecule has 0 saturated heterocycles. The molecule has 66 heavy (non-hydrogen) atoms. The Morgan fingerprint density at radius 3 is 1.33 bits per heavy atom. The van der Waals surface area contributed by atoms with Crippen molar-refractivity contribution in [3.8, 4) is 0 Å². The molecule has 0 aromatic rings. The van der Waals surface area contributed by atoms with Crippen LogP contribution in [-0.4, -0.2) is 75.6 Å². The molecule has 0 spiro atoms. The summed E-state index contributed by atoms with van der Waals surface area (Å²) in [5, 5.41) is 0. The van der Waals surface area contributed by atoms with Gasteiger partial charge in [-0.25, -0.2) is 4.57 Å². The zero-order chi connectivity index (χ0) is 48.3. The van der Waals surface area contributed by atoms with Crippen LogP contribution in [0.4, 0.5) is 0 Å². The van der Waals surface area contributed by atoms with Crippen LogP contribution in [-0.2, 0) is 27.9 Å². The number of esters is 1. The van der Waals surface area contributed by atoms with E-state index < -0.39 is 13.9 Å². The van der Waals surface area contributed by atoms with Crippen molar-refractivity contribution in [1.29, 1.82) is 0 Å². The van der Waals surface area contributed by atoms with Gasteiger partial charge in [0.25, 0.3) is 0 Å². The van der Waals surface area contributed by atoms with Gasteiger partial charge in [-0.05, 0) is 96.3 Å². The molecule has 8 nitrogen and oxygen atoms in total. The van der Waals surface area contributed by atoms with Gasteiger partial charge in [-0.15, -0.1) is 0 Å². The molecule has 0 aliphatic heterocycles. The summed E-state index contributed by atoms with van der Waals surface area (Å²) in [4.78, 5) is 23.0. The highest BCUT2D eigenvalue weighted by Gasteiger charge is 2.26. The number of likely N-dealkylation sites (N-methyl/N-ethyl adjacent to an activating group) is 1. The Morgan fingerprint density at radius 1 is 0.485 bits per heavy atom. The molecule has 2 unspecified atom stereocenters. The maximum absolute atomic E-state index is 12.8. The minimum absolute atomic E-state index is 0.0773. The van der Waals surface area contributed by atoms with E-state index in [0.717, 1.165) is 96.3 Å². The van der Waals surface area contributed by atoms with E-state index in [-0.39, 0.29) is 25.8 Å². The Kier molecular flexibility index (Phi) is 47.0. The average molecular weight is 943 g/mol. The summed E-state index contributed by atoms with van der Waals surface area (Å²) < 4.78 is 35.1. The van der Waals surface area contributed by atoms with E-state index >= 15 is 0 Å². The average Bonchev–Trinajstić information content (AvgIpc) is 3.28. The zero-order valence-electron chi connectivity index (χ0n) is 43.1. The molecule has 0 heterocycles. The second kappa shape index (κ2) is 48.9. The van der Waals surface area contributed by atoms with Gasteiger partial charge >= 0.3 is 13.8 Å². The molecule has 0 aliphatic carbocycles. The predicted molar refractivity (Wildman–Crippen MR) is 284 cm³/mol. The van der Waals surface area contributed by atoms with Crippen molar-refractivity contribution in [3.05, 3.63) is 97.2 Å². The maximum Gasteiger partial charge on any atom is 0.472 e. The van der Waals surface area contributed by atoms with Gasteiger partial charge in [-0.3, -0.25) is 13.8 Å².